The Morgan fingerprint density at radius 1 is 1.88 bits per heavy atom. The maximum absolute atomic E-state index is 9.71. The van der Waals surface area contributed by atoms with E-state index in [2.05, 4.69) is 0 Å². The van der Waals surface area contributed by atoms with Crippen LogP contribution in [0.25, 0.3) is 0 Å². The monoisotopic (exact) mass is 116 g/mol. The van der Waals surface area contributed by atoms with Crippen LogP contribution in [0.2, 0.25) is 0 Å². The van der Waals surface area contributed by atoms with Gasteiger partial charge in [-0.05, 0) is 0 Å². The summed E-state index contributed by atoms with van der Waals surface area (Å²) in [6.07, 6.45) is 0.999. The second-order valence-corrected chi connectivity index (χ2v) is 1.32. The number of carboxylic acids is 1. The molecule has 4 heteroatoms. The van der Waals surface area contributed by atoms with E-state index in [0.717, 1.165) is 0 Å². The highest BCUT2D eigenvalue weighted by Gasteiger charge is 2.05. The first-order chi connectivity index (χ1) is 3.66. The number of hydrogen-bond donors (Lipinski definition) is 2. The van der Waals surface area contributed by atoms with Gasteiger partial charge in [0.05, 0.1) is 12.5 Å². The zero-order chi connectivity index (χ0) is 6.57. The third-order valence-corrected chi connectivity index (χ3v) is 0.546. The Balaban J connectivity index is 3.38. The molecule has 3 N–H and O–H groups in total. The van der Waals surface area contributed by atoms with Crippen molar-refractivity contribution in [2.75, 3.05) is 0 Å². The predicted octanol–water partition coefficient (Wildman–Crippen LogP) is -1.10. The van der Waals surface area contributed by atoms with Crippen molar-refractivity contribution in [3.8, 4) is 0 Å². The number of aliphatic carboxylic acids is 1. The smallest absolute Gasteiger partial charge is 0.305 e. The average Bonchev–Trinajstić information content (AvgIpc) is 1.65. The topological polar surface area (TPSA) is 80.4 Å². The van der Waals surface area contributed by atoms with Crippen molar-refractivity contribution in [3.63, 3.8) is 0 Å². The fraction of sp³-hybridized carbons (Fsp3) is 0.500. The number of rotatable bonds is 3. The Kier molecular flexibility index (Phi) is 2.79. The molecule has 0 aromatic heterocycles. The maximum atomic E-state index is 9.71. The van der Waals surface area contributed by atoms with Gasteiger partial charge in [0.2, 0.25) is 6.29 Å². The zero-order valence-electron chi connectivity index (χ0n) is 4.13. The zero-order valence-corrected chi connectivity index (χ0v) is 4.13. The van der Waals surface area contributed by atoms with E-state index in [9.17, 15) is 9.59 Å². The van der Waals surface area contributed by atoms with Gasteiger partial charge >= 0.3 is 5.97 Å². The molecule has 0 aliphatic rings. The minimum Gasteiger partial charge on any atom is -0.481 e. The molecule has 1 radical (unpaired) electrons. The van der Waals surface area contributed by atoms with Crippen LogP contribution in [0.5, 0.6) is 0 Å². The summed E-state index contributed by atoms with van der Waals surface area (Å²) in [6, 6.07) is -0.979. The van der Waals surface area contributed by atoms with Crippen LogP contribution in [0.4, 0.5) is 0 Å². The van der Waals surface area contributed by atoms with Crippen LogP contribution >= 0.6 is 0 Å². The summed E-state index contributed by atoms with van der Waals surface area (Å²) in [5.74, 6) is -1.08. The van der Waals surface area contributed by atoms with Crippen molar-refractivity contribution < 1.29 is 14.7 Å². The van der Waals surface area contributed by atoms with Crippen molar-refractivity contribution in [3.05, 3.63) is 0 Å². The van der Waals surface area contributed by atoms with Crippen LogP contribution in [0, 0.1) is 0 Å². The molecule has 0 saturated carbocycles. The van der Waals surface area contributed by atoms with E-state index in [-0.39, 0.29) is 6.42 Å². The minimum atomic E-state index is -1.08. The third-order valence-electron chi connectivity index (χ3n) is 0.546. The first-order valence-corrected chi connectivity index (χ1v) is 2.02. The average molecular weight is 116 g/mol. The molecule has 0 unspecified atom stereocenters. The van der Waals surface area contributed by atoms with E-state index in [1.165, 1.54) is 6.29 Å². The summed E-state index contributed by atoms with van der Waals surface area (Å²) in [5, 5.41) is 7.96. The lowest BCUT2D eigenvalue weighted by molar-refractivity contribution is -0.137. The molecule has 0 spiro atoms. The van der Waals surface area contributed by atoms with E-state index in [4.69, 9.17) is 10.8 Å². The molecule has 0 fully saturated rings. The summed E-state index contributed by atoms with van der Waals surface area (Å²) in [7, 11) is 0. The lowest BCUT2D eigenvalue weighted by Crippen LogP contribution is -2.24. The van der Waals surface area contributed by atoms with Gasteiger partial charge in [-0.25, -0.2) is 0 Å². The van der Waals surface area contributed by atoms with Crippen molar-refractivity contribution in [2.24, 2.45) is 5.73 Å². The highest BCUT2D eigenvalue weighted by atomic mass is 16.4. The second kappa shape index (κ2) is 3.15. The Bertz CT molecular complexity index is 101. The Morgan fingerprint density at radius 3 is 2.50 bits per heavy atom. The van der Waals surface area contributed by atoms with Gasteiger partial charge in [-0.15, -0.1) is 0 Å². The second-order valence-electron chi connectivity index (χ2n) is 1.32. The van der Waals surface area contributed by atoms with Gasteiger partial charge in [0, 0.05) is 0 Å². The van der Waals surface area contributed by atoms with Gasteiger partial charge in [0.1, 0.15) is 0 Å². The molecule has 4 nitrogen and oxygen atoms in total. The molecule has 0 aromatic rings. The Morgan fingerprint density at radius 2 is 2.38 bits per heavy atom. The number of hydrogen-bond acceptors (Lipinski definition) is 3. The van der Waals surface area contributed by atoms with Gasteiger partial charge in [0.25, 0.3) is 0 Å². The van der Waals surface area contributed by atoms with Crippen LogP contribution in [0.3, 0.4) is 0 Å². The molecular weight excluding hydrogens is 110 g/mol. The van der Waals surface area contributed by atoms with E-state index >= 15 is 0 Å². The fourth-order valence-corrected chi connectivity index (χ4v) is 0.230. The van der Waals surface area contributed by atoms with Gasteiger partial charge in [-0.1, -0.05) is 0 Å². The van der Waals surface area contributed by atoms with E-state index < -0.39 is 12.0 Å². The van der Waals surface area contributed by atoms with Crippen LogP contribution in [-0.4, -0.2) is 23.4 Å². The molecule has 0 rings (SSSR count). The van der Waals surface area contributed by atoms with Gasteiger partial charge < -0.3 is 10.8 Å². The molecule has 45 valence electrons. The molecule has 0 bridgehead atoms. The molecular formula is C4H6NO3. The Hall–Kier alpha value is -0.900. The van der Waals surface area contributed by atoms with Crippen molar-refractivity contribution >= 4 is 12.3 Å². The number of nitrogens with two attached hydrogens (primary N) is 1. The molecule has 0 heterocycles. The molecule has 0 saturated heterocycles. The summed E-state index contributed by atoms with van der Waals surface area (Å²) in [6.45, 7) is 0. The largest absolute Gasteiger partial charge is 0.481 e. The minimum absolute atomic E-state index is 0.344. The standard InChI is InChI=1S/C4H6NO3/c5-3(2-6)1-4(7)8/h3H,1,5H2,(H,7,8)/t3-/m0/s1. The van der Waals surface area contributed by atoms with Gasteiger partial charge in [-0.2, -0.15) is 0 Å². The number of carbonyl (C=O) groups excluding carboxylic acids is 1. The quantitative estimate of drug-likeness (QED) is 0.490. The van der Waals surface area contributed by atoms with E-state index in [1.54, 1.807) is 0 Å². The first-order valence-electron chi connectivity index (χ1n) is 2.02. The third kappa shape index (κ3) is 3.30. The van der Waals surface area contributed by atoms with Crippen molar-refractivity contribution in [1.82, 2.24) is 0 Å². The van der Waals surface area contributed by atoms with Gasteiger partial charge in [-0.3, -0.25) is 9.59 Å². The number of carbonyl (C=O) groups is 1. The SMILES string of the molecule is N[C@H]([C]=O)CC(=O)O. The van der Waals surface area contributed by atoms with E-state index in [1.807, 2.05) is 0 Å². The summed E-state index contributed by atoms with van der Waals surface area (Å²) >= 11 is 0. The van der Waals surface area contributed by atoms with Gasteiger partial charge in [0.15, 0.2) is 0 Å². The van der Waals surface area contributed by atoms with Crippen molar-refractivity contribution in [1.29, 1.82) is 0 Å². The predicted molar refractivity (Wildman–Crippen MR) is 25.9 cm³/mol. The molecule has 0 aromatic carbocycles. The highest BCUT2D eigenvalue weighted by Crippen LogP contribution is 1.80. The van der Waals surface area contributed by atoms with Crippen LogP contribution in [-0.2, 0) is 9.59 Å². The fourth-order valence-electron chi connectivity index (χ4n) is 0.230. The Labute approximate surface area is 46.3 Å². The molecule has 0 aliphatic heterocycles. The number of carboxylic acid groups (broad SMARTS) is 1. The van der Waals surface area contributed by atoms with Crippen LogP contribution in [0.15, 0.2) is 0 Å². The van der Waals surface area contributed by atoms with Crippen LogP contribution in [0.1, 0.15) is 6.42 Å². The normalized spacial score (nSPS) is 12.6. The molecule has 0 amide bonds. The highest BCUT2D eigenvalue weighted by molar-refractivity contribution is 5.73. The lowest BCUT2D eigenvalue weighted by atomic mass is 10.2. The molecule has 8 heavy (non-hydrogen) atoms. The van der Waals surface area contributed by atoms with Crippen molar-refractivity contribution in [2.45, 2.75) is 12.5 Å². The first kappa shape index (κ1) is 7.10. The lowest BCUT2D eigenvalue weighted by Gasteiger charge is -1.93. The molecule has 0 aliphatic carbocycles. The summed E-state index contributed by atoms with van der Waals surface area (Å²) in [5.41, 5.74) is 4.87. The van der Waals surface area contributed by atoms with E-state index in [0.29, 0.717) is 0 Å². The maximum Gasteiger partial charge on any atom is 0.305 e. The van der Waals surface area contributed by atoms with Crippen LogP contribution < -0.4 is 5.73 Å². The summed E-state index contributed by atoms with van der Waals surface area (Å²) < 4.78 is 0. The summed E-state index contributed by atoms with van der Waals surface area (Å²) in [4.78, 5) is 19.2. The molecule has 1 atom stereocenters.